The summed E-state index contributed by atoms with van der Waals surface area (Å²) in [5.41, 5.74) is 2.81. The molecule has 0 saturated carbocycles. The largest absolute Gasteiger partial charge is 0.405 e. The maximum atomic E-state index is 9.12. The summed E-state index contributed by atoms with van der Waals surface area (Å²) >= 11 is 0. The van der Waals surface area contributed by atoms with Gasteiger partial charge in [0.05, 0.1) is 0 Å². The molecule has 0 aromatic heterocycles. The Balaban J connectivity index is 3.96. The highest BCUT2D eigenvalue weighted by Gasteiger charge is 2.22. The second-order valence-electron chi connectivity index (χ2n) is 1.36. The van der Waals surface area contributed by atoms with Crippen LogP contribution in [0.5, 0.6) is 0 Å². The highest BCUT2D eigenvalue weighted by Crippen LogP contribution is 1.98. The molecule has 0 aliphatic carbocycles. The van der Waals surface area contributed by atoms with Gasteiger partial charge < -0.3 is 9.22 Å². The highest BCUT2D eigenvalue weighted by molar-refractivity contribution is 6.76. The molecule has 0 rings (SSSR count). The van der Waals surface area contributed by atoms with Crippen LogP contribution >= 0.6 is 0 Å². The highest BCUT2D eigenvalue weighted by atomic mass is 28.4. The molecule has 0 spiro atoms. The van der Waals surface area contributed by atoms with E-state index in [2.05, 4.69) is 13.2 Å². The maximum absolute atomic E-state index is 9.12. The zero-order valence-corrected chi connectivity index (χ0v) is 5.92. The topological polar surface area (TPSA) is 29.5 Å². The number of hydrogen-bond donors (Lipinski definition) is 1. The molecular formula is C5H10O2Si. The molecule has 1 N–H and O–H groups in total. The van der Waals surface area contributed by atoms with Gasteiger partial charge in [0.2, 0.25) is 0 Å². The van der Waals surface area contributed by atoms with E-state index >= 15 is 0 Å². The molecule has 0 aromatic carbocycles. The van der Waals surface area contributed by atoms with Gasteiger partial charge in [-0.3, -0.25) is 0 Å². The summed E-state index contributed by atoms with van der Waals surface area (Å²) in [6.07, 6.45) is 0. The minimum atomic E-state index is -2.64. The van der Waals surface area contributed by atoms with Gasteiger partial charge >= 0.3 is 8.56 Å². The van der Waals surface area contributed by atoms with Crippen molar-refractivity contribution in [3.8, 4) is 0 Å². The van der Waals surface area contributed by atoms with Gasteiger partial charge in [-0.05, 0) is 11.4 Å². The average Bonchev–Trinajstić information content (AvgIpc) is 1.87. The van der Waals surface area contributed by atoms with E-state index in [1.165, 1.54) is 18.5 Å². The first-order valence-corrected chi connectivity index (χ1v) is 4.24. The Kier molecular flexibility index (Phi) is 2.68. The van der Waals surface area contributed by atoms with Crippen molar-refractivity contribution in [2.75, 3.05) is 7.11 Å². The van der Waals surface area contributed by atoms with Gasteiger partial charge in [-0.2, -0.15) is 0 Å². The lowest BCUT2D eigenvalue weighted by Crippen LogP contribution is -2.32. The monoisotopic (exact) mass is 130 g/mol. The first kappa shape index (κ1) is 7.62. The standard InChI is InChI=1S/C5H10O2Si/c1-4-8(6,5-2)7-3/h4-6H,1-2H2,3H3. The molecule has 0 radical (unpaired) electrons. The first-order valence-electron chi connectivity index (χ1n) is 2.23. The number of hydrogen-bond acceptors (Lipinski definition) is 2. The van der Waals surface area contributed by atoms with Gasteiger partial charge in [-0.1, -0.05) is 0 Å². The molecule has 0 aliphatic rings. The summed E-state index contributed by atoms with van der Waals surface area (Å²) in [4.78, 5) is 9.12. The van der Waals surface area contributed by atoms with Crippen molar-refractivity contribution in [1.29, 1.82) is 0 Å². The fraction of sp³-hybridized carbons (Fsp3) is 0.200. The van der Waals surface area contributed by atoms with Crippen LogP contribution in [-0.2, 0) is 4.43 Å². The van der Waals surface area contributed by atoms with Gasteiger partial charge in [0.25, 0.3) is 0 Å². The van der Waals surface area contributed by atoms with Gasteiger partial charge in [-0.25, -0.2) is 0 Å². The van der Waals surface area contributed by atoms with Crippen LogP contribution in [0.3, 0.4) is 0 Å². The summed E-state index contributed by atoms with van der Waals surface area (Å²) in [6, 6.07) is 0. The van der Waals surface area contributed by atoms with E-state index in [1.54, 1.807) is 0 Å². The average molecular weight is 130 g/mol. The molecule has 46 valence electrons. The molecule has 8 heavy (non-hydrogen) atoms. The predicted octanol–water partition coefficient (Wildman–Crippen LogP) is 0.518. The summed E-state index contributed by atoms with van der Waals surface area (Å²) in [5.74, 6) is 0. The van der Waals surface area contributed by atoms with Crippen LogP contribution in [-0.4, -0.2) is 20.5 Å². The van der Waals surface area contributed by atoms with Crippen molar-refractivity contribution in [1.82, 2.24) is 0 Å². The Morgan fingerprint density at radius 3 is 1.88 bits per heavy atom. The van der Waals surface area contributed by atoms with E-state index in [4.69, 9.17) is 9.22 Å². The van der Waals surface area contributed by atoms with Gasteiger partial charge in [0.15, 0.2) is 0 Å². The second kappa shape index (κ2) is 2.81. The van der Waals surface area contributed by atoms with E-state index in [0.717, 1.165) is 0 Å². The second-order valence-corrected chi connectivity index (χ2v) is 4.09. The lowest BCUT2D eigenvalue weighted by molar-refractivity contribution is 0.319. The molecular weight excluding hydrogens is 120 g/mol. The summed E-state index contributed by atoms with van der Waals surface area (Å²) in [6.45, 7) is 6.78. The molecule has 0 heterocycles. The maximum Gasteiger partial charge on any atom is 0.387 e. The summed E-state index contributed by atoms with van der Waals surface area (Å²) in [7, 11) is -1.20. The van der Waals surface area contributed by atoms with Crippen LogP contribution < -0.4 is 0 Å². The predicted molar refractivity (Wildman–Crippen MR) is 35.4 cm³/mol. The lowest BCUT2D eigenvalue weighted by atomic mass is 11.2. The molecule has 0 fully saturated rings. The summed E-state index contributed by atoms with van der Waals surface area (Å²) in [5, 5.41) is 0. The van der Waals surface area contributed by atoms with E-state index in [1.807, 2.05) is 0 Å². The van der Waals surface area contributed by atoms with Crippen LogP contribution in [0.4, 0.5) is 0 Å². The van der Waals surface area contributed by atoms with Crippen LogP contribution in [0.1, 0.15) is 0 Å². The Bertz CT molecular complexity index is 92.6. The normalized spacial score (nSPS) is 10.8. The molecule has 0 saturated heterocycles. The molecule has 0 amide bonds. The molecule has 3 heteroatoms. The van der Waals surface area contributed by atoms with E-state index in [-0.39, 0.29) is 0 Å². The zero-order valence-electron chi connectivity index (χ0n) is 4.92. The van der Waals surface area contributed by atoms with Crippen molar-refractivity contribution in [3.05, 3.63) is 24.6 Å². The van der Waals surface area contributed by atoms with Crippen LogP contribution in [0, 0.1) is 0 Å². The Hall–Kier alpha value is -0.383. The van der Waals surface area contributed by atoms with Crippen LogP contribution in [0.2, 0.25) is 0 Å². The van der Waals surface area contributed by atoms with Crippen molar-refractivity contribution >= 4 is 8.56 Å². The molecule has 0 bridgehead atoms. The van der Waals surface area contributed by atoms with Crippen molar-refractivity contribution in [2.45, 2.75) is 0 Å². The Labute approximate surface area is 50.4 Å². The van der Waals surface area contributed by atoms with Gasteiger partial charge in [0.1, 0.15) is 0 Å². The zero-order chi connectivity index (χ0) is 6.62. The van der Waals surface area contributed by atoms with Crippen molar-refractivity contribution in [3.63, 3.8) is 0 Å². The minimum Gasteiger partial charge on any atom is -0.405 e. The molecule has 0 atom stereocenters. The van der Waals surface area contributed by atoms with Gasteiger partial charge in [-0.15, -0.1) is 13.2 Å². The minimum absolute atomic E-state index is 1.40. The van der Waals surface area contributed by atoms with E-state index < -0.39 is 8.56 Å². The first-order chi connectivity index (χ1) is 3.68. The third-order valence-electron chi connectivity index (χ3n) is 0.912. The Morgan fingerprint density at radius 2 is 1.88 bits per heavy atom. The van der Waals surface area contributed by atoms with Crippen LogP contribution in [0.25, 0.3) is 0 Å². The molecule has 0 unspecified atom stereocenters. The Morgan fingerprint density at radius 1 is 1.50 bits per heavy atom. The molecule has 0 aliphatic heterocycles. The fourth-order valence-electron chi connectivity index (χ4n) is 0.250. The molecule has 2 nitrogen and oxygen atoms in total. The SMILES string of the molecule is C=C[Si](O)(C=C)OC. The van der Waals surface area contributed by atoms with Gasteiger partial charge in [0, 0.05) is 7.11 Å². The molecule has 0 aromatic rings. The quantitative estimate of drug-likeness (QED) is 0.564. The fourth-order valence-corrected chi connectivity index (χ4v) is 0.750. The van der Waals surface area contributed by atoms with Crippen LogP contribution in [0.15, 0.2) is 24.6 Å². The van der Waals surface area contributed by atoms with Crippen molar-refractivity contribution < 1.29 is 9.22 Å². The number of rotatable bonds is 3. The smallest absolute Gasteiger partial charge is 0.387 e. The van der Waals surface area contributed by atoms with Crippen molar-refractivity contribution in [2.24, 2.45) is 0 Å². The van der Waals surface area contributed by atoms with E-state index in [9.17, 15) is 0 Å². The van der Waals surface area contributed by atoms with E-state index in [0.29, 0.717) is 0 Å². The summed E-state index contributed by atoms with van der Waals surface area (Å²) < 4.78 is 4.69. The third-order valence-corrected chi connectivity index (χ3v) is 2.74. The third kappa shape index (κ3) is 1.61. The lowest BCUT2D eigenvalue weighted by Gasteiger charge is -2.11.